The molecule has 0 spiro atoms. The van der Waals surface area contributed by atoms with Crippen LogP contribution in [0.1, 0.15) is 38.3 Å². The van der Waals surface area contributed by atoms with Crippen LogP contribution in [-0.2, 0) is 14.8 Å². The lowest BCUT2D eigenvalue weighted by atomic mass is 9.91. The molecule has 2 aromatic carbocycles. The second-order valence-electron chi connectivity index (χ2n) is 9.36. The molecule has 0 atom stereocenters. The average molecular weight is 490 g/mol. The molecule has 0 saturated carbocycles. The van der Waals surface area contributed by atoms with Crippen molar-refractivity contribution in [2.24, 2.45) is 5.41 Å². The van der Waals surface area contributed by atoms with E-state index in [1.54, 1.807) is 23.1 Å². The molecule has 176 valence electrons. The van der Waals surface area contributed by atoms with Gasteiger partial charge in [0.15, 0.2) is 0 Å². The Morgan fingerprint density at radius 2 is 1.79 bits per heavy atom. The zero-order valence-corrected chi connectivity index (χ0v) is 20.8. The second kappa shape index (κ2) is 9.72. The summed E-state index contributed by atoms with van der Waals surface area (Å²) in [6.45, 7) is 8.82. The molecule has 1 aliphatic heterocycles. The summed E-state index contributed by atoms with van der Waals surface area (Å²) in [7, 11) is -3.96. The molecule has 0 unspecified atom stereocenters. The number of rotatable bonds is 5. The SMILES string of the molecule is Cc1cc(Cl)cc(Oc2ccc(C#N)cc2S(=O)(=O)N2CCN(C(=O)CC(C)(C)C)CC2)c1. The van der Waals surface area contributed by atoms with Crippen molar-refractivity contribution < 1.29 is 17.9 Å². The summed E-state index contributed by atoms with van der Waals surface area (Å²) in [5, 5.41) is 9.79. The normalized spacial score (nSPS) is 15.2. The highest BCUT2D eigenvalue weighted by Crippen LogP contribution is 2.34. The lowest BCUT2D eigenvalue weighted by Gasteiger charge is -2.35. The molecule has 0 radical (unpaired) electrons. The lowest BCUT2D eigenvalue weighted by molar-refractivity contribution is -0.134. The highest BCUT2D eigenvalue weighted by molar-refractivity contribution is 7.89. The van der Waals surface area contributed by atoms with Crippen molar-refractivity contribution in [2.75, 3.05) is 26.2 Å². The minimum atomic E-state index is -3.96. The molecule has 0 N–H and O–H groups in total. The minimum Gasteiger partial charge on any atom is -0.456 e. The number of sulfonamides is 1. The molecule has 33 heavy (non-hydrogen) atoms. The predicted molar refractivity (Wildman–Crippen MR) is 127 cm³/mol. The van der Waals surface area contributed by atoms with E-state index in [0.717, 1.165) is 5.56 Å². The van der Waals surface area contributed by atoms with Crippen LogP contribution in [0.5, 0.6) is 11.5 Å². The summed E-state index contributed by atoms with van der Waals surface area (Å²) >= 11 is 6.11. The van der Waals surface area contributed by atoms with E-state index in [9.17, 15) is 18.5 Å². The monoisotopic (exact) mass is 489 g/mol. The first-order valence-corrected chi connectivity index (χ1v) is 12.5. The Morgan fingerprint density at radius 3 is 2.36 bits per heavy atom. The summed E-state index contributed by atoms with van der Waals surface area (Å²) in [6, 6.07) is 11.4. The van der Waals surface area contributed by atoms with E-state index in [1.807, 2.05) is 33.8 Å². The topological polar surface area (TPSA) is 90.7 Å². The summed E-state index contributed by atoms with van der Waals surface area (Å²) in [5.74, 6) is 0.534. The van der Waals surface area contributed by atoms with Gasteiger partial charge in [-0.25, -0.2) is 8.42 Å². The molecule has 0 aliphatic carbocycles. The number of carbonyl (C=O) groups excluding carboxylic acids is 1. The molecule has 2 aromatic rings. The van der Waals surface area contributed by atoms with E-state index in [4.69, 9.17) is 16.3 Å². The first kappa shape index (κ1) is 25.0. The first-order valence-electron chi connectivity index (χ1n) is 10.7. The van der Waals surface area contributed by atoms with Gasteiger partial charge in [0.05, 0.1) is 11.6 Å². The Kier molecular flexibility index (Phi) is 7.37. The second-order valence-corrected chi connectivity index (χ2v) is 11.7. The van der Waals surface area contributed by atoms with Gasteiger partial charge in [0.25, 0.3) is 0 Å². The van der Waals surface area contributed by atoms with Crippen molar-refractivity contribution in [2.45, 2.75) is 39.0 Å². The molecule has 1 amide bonds. The Labute approximate surface area is 200 Å². The maximum atomic E-state index is 13.5. The van der Waals surface area contributed by atoms with Crippen LogP contribution in [0.25, 0.3) is 0 Å². The molecule has 9 heteroatoms. The molecule has 1 fully saturated rings. The summed E-state index contributed by atoms with van der Waals surface area (Å²) in [4.78, 5) is 14.1. The van der Waals surface area contributed by atoms with Gasteiger partial charge in [-0.3, -0.25) is 4.79 Å². The Bertz CT molecular complexity index is 1170. The van der Waals surface area contributed by atoms with Crippen LogP contribution in [0.15, 0.2) is 41.3 Å². The number of aryl methyl sites for hydroxylation is 1. The van der Waals surface area contributed by atoms with Gasteiger partial charge in [0.2, 0.25) is 15.9 Å². The summed E-state index contributed by atoms with van der Waals surface area (Å²) in [5.41, 5.74) is 0.942. The largest absolute Gasteiger partial charge is 0.456 e. The third-order valence-corrected chi connectivity index (χ3v) is 7.35. The molecule has 0 bridgehead atoms. The predicted octanol–water partition coefficient (Wildman–Crippen LogP) is 4.58. The van der Waals surface area contributed by atoms with Crippen LogP contribution in [-0.4, -0.2) is 49.7 Å². The molecule has 1 heterocycles. The quantitative estimate of drug-likeness (QED) is 0.613. The zero-order valence-electron chi connectivity index (χ0n) is 19.3. The number of piperazine rings is 1. The standard InChI is InChI=1S/C24H28ClN3O4S/c1-17-11-19(25)14-20(12-17)32-21-6-5-18(16-26)13-22(21)33(30,31)28-9-7-27(8-10-28)23(29)15-24(2,3)4/h5-6,11-14H,7-10,15H2,1-4H3. The Morgan fingerprint density at radius 1 is 1.12 bits per heavy atom. The van der Waals surface area contributed by atoms with Crippen molar-refractivity contribution in [3.63, 3.8) is 0 Å². The van der Waals surface area contributed by atoms with E-state index in [0.29, 0.717) is 30.3 Å². The number of carbonyl (C=O) groups is 1. The van der Waals surface area contributed by atoms with Gasteiger partial charge in [0.1, 0.15) is 16.4 Å². The molecule has 3 rings (SSSR count). The van der Waals surface area contributed by atoms with Crippen molar-refractivity contribution in [3.05, 3.63) is 52.5 Å². The number of benzene rings is 2. The smallest absolute Gasteiger partial charge is 0.246 e. The fourth-order valence-electron chi connectivity index (χ4n) is 3.63. The van der Waals surface area contributed by atoms with Crippen LogP contribution < -0.4 is 4.74 Å². The highest BCUT2D eigenvalue weighted by atomic mass is 35.5. The molecular formula is C24H28ClN3O4S. The van der Waals surface area contributed by atoms with E-state index >= 15 is 0 Å². The molecular weight excluding hydrogens is 462 g/mol. The highest BCUT2D eigenvalue weighted by Gasteiger charge is 2.33. The summed E-state index contributed by atoms with van der Waals surface area (Å²) in [6.07, 6.45) is 0.404. The minimum absolute atomic E-state index is 0.0198. The zero-order chi connectivity index (χ0) is 24.4. The number of halogens is 1. The van der Waals surface area contributed by atoms with Crippen LogP contribution in [0.4, 0.5) is 0 Å². The van der Waals surface area contributed by atoms with Crippen molar-refractivity contribution in [3.8, 4) is 17.6 Å². The number of nitrogens with zero attached hydrogens (tertiary/aromatic N) is 3. The van der Waals surface area contributed by atoms with E-state index in [1.165, 1.54) is 22.5 Å². The van der Waals surface area contributed by atoms with Gasteiger partial charge < -0.3 is 9.64 Å². The van der Waals surface area contributed by atoms with Crippen molar-refractivity contribution >= 4 is 27.5 Å². The van der Waals surface area contributed by atoms with Gasteiger partial charge in [-0.15, -0.1) is 0 Å². The third-order valence-electron chi connectivity index (χ3n) is 5.21. The maximum absolute atomic E-state index is 13.5. The van der Waals surface area contributed by atoms with E-state index < -0.39 is 10.0 Å². The number of nitriles is 1. The lowest BCUT2D eigenvalue weighted by Crippen LogP contribution is -2.51. The first-order chi connectivity index (χ1) is 15.4. The molecule has 7 nitrogen and oxygen atoms in total. The fraction of sp³-hybridized carbons (Fsp3) is 0.417. The van der Waals surface area contributed by atoms with Crippen LogP contribution in [0.2, 0.25) is 5.02 Å². The number of ether oxygens (including phenoxy) is 1. The van der Waals surface area contributed by atoms with Gasteiger partial charge in [-0.05, 0) is 54.3 Å². The molecule has 1 saturated heterocycles. The average Bonchev–Trinajstić information content (AvgIpc) is 2.72. The van der Waals surface area contributed by atoms with Crippen LogP contribution in [0, 0.1) is 23.7 Å². The van der Waals surface area contributed by atoms with Crippen LogP contribution in [0.3, 0.4) is 0 Å². The Hall–Kier alpha value is -2.60. The maximum Gasteiger partial charge on any atom is 0.246 e. The van der Waals surface area contributed by atoms with E-state index in [-0.39, 0.29) is 40.6 Å². The van der Waals surface area contributed by atoms with Gasteiger partial charge in [0, 0.05) is 37.6 Å². The van der Waals surface area contributed by atoms with Gasteiger partial charge in [-0.2, -0.15) is 9.57 Å². The van der Waals surface area contributed by atoms with Crippen molar-refractivity contribution in [1.82, 2.24) is 9.21 Å². The Balaban J connectivity index is 1.85. The number of hydrogen-bond donors (Lipinski definition) is 0. The molecule has 1 aliphatic rings. The number of hydrogen-bond acceptors (Lipinski definition) is 5. The fourth-order valence-corrected chi connectivity index (χ4v) is 5.48. The third kappa shape index (κ3) is 6.26. The molecule has 0 aromatic heterocycles. The van der Waals surface area contributed by atoms with Gasteiger partial charge >= 0.3 is 0 Å². The number of amides is 1. The van der Waals surface area contributed by atoms with Crippen molar-refractivity contribution in [1.29, 1.82) is 5.26 Å². The van der Waals surface area contributed by atoms with Gasteiger partial charge in [-0.1, -0.05) is 32.4 Å². The van der Waals surface area contributed by atoms with Crippen LogP contribution >= 0.6 is 11.6 Å². The van der Waals surface area contributed by atoms with E-state index in [2.05, 4.69) is 0 Å². The summed E-state index contributed by atoms with van der Waals surface area (Å²) < 4.78 is 34.3.